The zero-order valence-electron chi connectivity index (χ0n) is 8.55. The minimum Gasteiger partial charge on any atom is -0.352 e. The molecule has 1 rings (SSSR count). The van der Waals surface area contributed by atoms with Gasteiger partial charge < -0.3 is 9.59 Å². The zero-order chi connectivity index (χ0) is 10.0. The standard InChI is InChI=1S/C11H11O2.Y/c1-7-6-10(8(2)12)4-5-11(7)9(3)13;/h5-6H,1-3H3;/q-1;. The monoisotopic (exact) mass is 264 g/mol. The maximum absolute atomic E-state index is 11.0. The molecule has 0 saturated heterocycles. The summed E-state index contributed by atoms with van der Waals surface area (Å²) < 4.78 is 0. The van der Waals surface area contributed by atoms with E-state index < -0.39 is 0 Å². The summed E-state index contributed by atoms with van der Waals surface area (Å²) in [5, 5.41) is 0. The fourth-order valence-electron chi connectivity index (χ4n) is 1.18. The molecule has 0 atom stereocenters. The molecular weight excluding hydrogens is 253 g/mol. The first kappa shape index (κ1) is 13.7. The second-order valence-electron chi connectivity index (χ2n) is 3.06. The Bertz CT molecular complexity index is 370. The van der Waals surface area contributed by atoms with Crippen LogP contribution in [0.5, 0.6) is 0 Å². The summed E-state index contributed by atoms with van der Waals surface area (Å²) in [6, 6.07) is 6.06. The molecule has 0 N–H and O–H groups in total. The van der Waals surface area contributed by atoms with Gasteiger partial charge in [0.1, 0.15) is 5.78 Å². The van der Waals surface area contributed by atoms with Gasteiger partial charge in [0.15, 0.2) is 0 Å². The Kier molecular flexibility index (Phi) is 5.39. The fraction of sp³-hybridized carbons (Fsp3) is 0.273. The molecule has 1 radical (unpaired) electrons. The third-order valence-corrected chi connectivity index (χ3v) is 1.92. The summed E-state index contributed by atoms with van der Waals surface area (Å²) in [6.07, 6.45) is 0. The van der Waals surface area contributed by atoms with Gasteiger partial charge >= 0.3 is 0 Å². The SMILES string of the molecule is CC(=O)c1[c-]cc(C(C)=O)c(C)c1.[Y]. The quantitative estimate of drug-likeness (QED) is 0.606. The predicted molar refractivity (Wildman–Crippen MR) is 50.0 cm³/mol. The van der Waals surface area contributed by atoms with Gasteiger partial charge in [0.25, 0.3) is 0 Å². The Morgan fingerprint density at radius 2 is 1.79 bits per heavy atom. The van der Waals surface area contributed by atoms with Crippen LogP contribution in [-0.2, 0) is 32.7 Å². The fourth-order valence-corrected chi connectivity index (χ4v) is 1.18. The summed E-state index contributed by atoms with van der Waals surface area (Å²) in [5.74, 6) is -0.0259. The molecule has 0 heterocycles. The summed E-state index contributed by atoms with van der Waals surface area (Å²) in [5.41, 5.74) is 1.99. The number of aryl methyl sites for hydroxylation is 1. The average Bonchev–Trinajstić information content (AvgIpc) is 2.03. The van der Waals surface area contributed by atoms with Crippen molar-refractivity contribution in [2.75, 3.05) is 0 Å². The van der Waals surface area contributed by atoms with Crippen molar-refractivity contribution in [2.24, 2.45) is 0 Å². The van der Waals surface area contributed by atoms with E-state index in [2.05, 4.69) is 6.07 Å². The van der Waals surface area contributed by atoms with Gasteiger partial charge in [-0.2, -0.15) is 0 Å². The smallest absolute Gasteiger partial charge is 0.119 e. The van der Waals surface area contributed by atoms with Gasteiger partial charge in [-0.1, -0.05) is 12.5 Å². The maximum Gasteiger partial charge on any atom is 0.119 e. The number of ketones is 2. The second-order valence-corrected chi connectivity index (χ2v) is 3.06. The normalized spacial score (nSPS) is 9.07. The molecule has 0 aliphatic heterocycles. The molecule has 0 aromatic heterocycles. The van der Waals surface area contributed by atoms with Gasteiger partial charge in [0.2, 0.25) is 0 Å². The number of rotatable bonds is 2. The van der Waals surface area contributed by atoms with Crippen LogP contribution in [0.2, 0.25) is 0 Å². The molecule has 0 aliphatic carbocycles. The van der Waals surface area contributed by atoms with Crippen LogP contribution in [0.15, 0.2) is 12.1 Å². The molecule has 0 saturated carbocycles. The Labute approximate surface area is 109 Å². The van der Waals surface area contributed by atoms with Gasteiger partial charge in [0, 0.05) is 32.7 Å². The van der Waals surface area contributed by atoms with Crippen molar-refractivity contribution < 1.29 is 42.3 Å². The third-order valence-electron chi connectivity index (χ3n) is 1.92. The minimum atomic E-state index is -0.0294. The van der Waals surface area contributed by atoms with E-state index in [1.54, 1.807) is 12.1 Å². The number of Topliss-reactive ketones (excluding diaryl/α,β-unsaturated/α-hetero) is 2. The number of carbonyl (C=O) groups excluding carboxylic acids is 2. The van der Waals surface area contributed by atoms with Crippen molar-refractivity contribution in [3.63, 3.8) is 0 Å². The van der Waals surface area contributed by atoms with Crippen molar-refractivity contribution >= 4 is 11.6 Å². The molecule has 71 valence electrons. The van der Waals surface area contributed by atoms with E-state index >= 15 is 0 Å². The Morgan fingerprint density at radius 3 is 2.14 bits per heavy atom. The molecule has 2 nitrogen and oxygen atoms in total. The molecule has 0 fully saturated rings. The molecule has 0 spiro atoms. The van der Waals surface area contributed by atoms with E-state index in [9.17, 15) is 9.59 Å². The molecule has 0 amide bonds. The first-order valence-electron chi connectivity index (χ1n) is 4.06. The molecule has 3 heteroatoms. The van der Waals surface area contributed by atoms with Crippen LogP contribution in [0.1, 0.15) is 40.1 Å². The van der Waals surface area contributed by atoms with Crippen LogP contribution in [0.3, 0.4) is 0 Å². The molecule has 0 aliphatic rings. The van der Waals surface area contributed by atoms with Crippen LogP contribution in [-0.4, -0.2) is 11.6 Å². The summed E-state index contributed by atoms with van der Waals surface area (Å²) >= 11 is 0. The molecule has 0 unspecified atom stereocenters. The van der Waals surface area contributed by atoms with Gasteiger partial charge in [-0.3, -0.25) is 0 Å². The summed E-state index contributed by atoms with van der Waals surface area (Å²) in [7, 11) is 0. The first-order chi connectivity index (χ1) is 6.02. The van der Waals surface area contributed by atoms with Crippen molar-refractivity contribution in [2.45, 2.75) is 20.8 Å². The Morgan fingerprint density at radius 1 is 1.21 bits per heavy atom. The van der Waals surface area contributed by atoms with Gasteiger partial charge in [-0.15, -0.1) is 29.3 Å². The maximum atomic E-state index is 11.0. The van der Waals surface area contributed by atoms with Crippen molar-refractivity contribution in [1.82, 2.24) is 0 Å². The Balaban J connectivity index is 0.00000169. The van der Waals surface area contributed by atoms with Crippen LogP contribution in [0.4, 0.5) is 0 Å². The number of benzene rings is 1. The third kappa shape index (κ3) is 3.11. The van der Waals surface area contributed by atoms with Crippen molar-refractivity contribution in [3.05, 3.63) is 34.9 Å². The Hall–Kier alpha value is -0.336. The second kappa shape index (κ2) is 5.52. The molecule has 1 aromatic carbocycles. The first-order valence-corrected chi connectivity index (χ1v) is 4.06. The van der Waals surface area contributed by atoms with Gasteiger partial charge in [-0.25, -0.2) is 0 Å². The van der Waals surface area contributed by atoms with Crippen LogP contribution in [0.25, 0.3) is 0 Å². The zero-order valence-corrected chi connectivity index (χ0v) is 11.4. The molecule has 0 bridgehead atoms. The minimum absolute atomic E-state index is 0. The van der Waals surface area contributed by atoms with Crippen LogP contribution < -0.4 is 0 Å². The van der Waals surface area contributed by atoms with Crippen LogP contribution >= 0.6 is 0 Å². The average molecular weight is 264 g/mol. The van der Waals surface area contributed by atoms with E-state index in [0.717, 1.165) is 5.56 Å². The molecule has 1 aromatic rings. The number of carbonyl (C=O) groups is 2. The topological polar surface area (TPSA) is 34.1 Å². The predicted octanol–water partition coefficient (Wildman–Crippen LogP) is 2.20. The summed E-state index contributed by atoms with van der Waals surface area (Å²) in [4.78, 5) is 22.0. The molecule has 14 heavy (non-hydrogen) atoms. The van der Waals surface area contributed by atoms with E-state index in [1.807, 2.05) is 6.92 Å². The number of hydrogen-bond donors (Lipinski definition) is 0. The van der Waals surface area contributed by atoms with E-state index in [1.165, 1.54) is 13.8 Å². The molecular formula is C11H11O2Y-. The van der Waals surface area contributed by atoms with E-state index in [-0.39, 0.29) is 44.3 Å². The summed E-state index contributed by atoms with van der Waals surface area (Å²) in [6.45, 7) is 4.80. The van der Waals surface area contributed by atoms with E-state index in [0.29, 0.717) is 11.1 Å². The van der Waals surface area contributed by atoms with Crippen LogP contribution in [0, 0.1) is 13.0 Å². The van der Waals surface area contributed by atoms with E-state index in [4.69, 9.17) is 0 Å². The van der Waals surface area contributed by atoms with Crippen molar-refractivity contribution in [1.29, 1.82) is 0 Å². The number of hydrogen-bond acceptors (Lipinski definition) is 2. The van der Waals surface area contributed by atoms with Gasteiger partial charge in [-0.05, 0) is 13.8 Å². The largest absolute Gasteiger partial charge is 0.352 e. The van der Waals surface area contributed by atoms with Gasteiger partial charge in [0.05, 0.1) is 5.78 Å². The van der Waals surface area contributed by atoms with Crippen molar-refractivity contribution in [3.8, 4) is 0 Å².